The Bertz CT molecular complexity index is 1100. The second-order valence-electron chi connectivity index (χ2n) is 6.82. The number of allylic oxidation sites excluding steroid dienone is 2. The predicted molar refractivity (Wildman–Crippen MR) is 143 cm³/mol. The van der Waals surface area contributed by atoms with E-state index >= 15 is 0 Å². The van der Waals surface area contributed by atoms with Crippen molar-refractivity contribution in [2.45, 2.75) is 32.9 Å². The number of alkyl halides is 3. The molecule has 156 valence electrons. The lowest BCUT2D eigenvalue weighted by Crippen LogP contribution is -2.54. The van der Waals surface area contributed by atoms with E-state index in [1.165, 1.54) is 0 Å². The third-order valence-electron chi connectivity index (χ3n) is 3.95. The lowest BCUT2D eigenvalue weighted by atomic mass is 10.1. The molecule has 29 heavy (non-hydrogen) atoms. The van der Waals surface area contributed by atoms with Gasteiger partial charge < -0.3 is 0 Å². The normalized spacial score (nSPS) is 11.5. The summed E-state index contributed by atoms with van der Waals surface area (Å²) in [6, 6.07) is 5.53. The molecule has 0 atom stereocenters. The van der Waals surface area contributed by atoms with Gasteiger partial charge in [0.1, 0.15) is -0.565 Å². The number of rotatable bonds is 7. The predicted octanol–water partition coefficient (Wildman–Crippen LogP) is 4.44. The van der Waals surface area contributed by atoms with Gasteiger partial charge in [-0.05, 0) is 98.8 Å². The van der Waals surface area contributed by atoms with Crippen molar-refractivity contribution in [3.05, 3.63) is 90.1 Å². The Morgan fingerprint density at radius 2 is 1.38 bits per heavy atom. The fourth-order valence-corrected chi connectivity index (χ4v) is 3.90. The molecule has 0 amide bonds. The summed E-state index contributed by atoms with van der Waals surface area (Å²) in [5.74, 6) is 0. The summed E-state index contributed by atoms with van der Waals surface area (Å²) in [6.45, 7) is 11.0. The van der Waals surface area contributed by atoms with Crippen LogP contribution in [0.2, 0.25) is 5.02 Å². The number of nitrogens with zero attached hydrogens (tertiary/aromatic N) is 3. The van der Waals surface area contributed by atoms with Gasteiger partial charge in [0.05, 0.1) is 19.6 Å². The summed E-state index contributed by atoms with van der Waals surface area (Å²) < 4.78 is 2.88. The van der Waals surface area contributed by atoms with Crippen LogP contribution in [0.15, 0.2) is 56.9 Å². The fourth-order valence-electron chi connectivity index (χ4n) is 2.65. The quantitative estimate of drug-likeness (QED) is 0.239. The van der Waals surface area contributed by atoms with Crippen molar-refractivity contribution in [3.8, 4) is 0 Å². The maximum Gasteiger partial charge on any atom is 0.336 e. The van der Waals surface area contributed by atoms with Gasteiger partial charge in [-0.15, -0.1) is 0 Å². The molecule has 0 aliphatic rings. The first kappa shape index (κ1) is 24.9. The van der Waals surface area contributed by atoms with Crippen molar-refractivity contribution in [1.29, 1.82) is 0 Å². The zero-order chi connectivity index (χ0) is 22.1. The van der Waals surface area contributed by atoms with Crippen LogP contribution in [0.1, 0.15) is 25.0 Å². The SMILES string of the molecule is C=C(C)Cn1c(=O)n(CC(=C)C)c(=O)n(Cc2ccc(C(I)(I)I)cc2Cl)c1=O. The molecule has 0 unspecified atom stereocenters. The first-order valence-electron chi connectivity index (χ1n) is 8.41. The Balaban J connectivity index is 2.68. The Kier molecular flexibility index (Phi) is 8.41. The molecule has 2 aromatic rings. The number of benzene rings is 1. The zero-order valence-corrected chi connectivity index (χ0v) is 23.1. The molecule has 0 aliphatic heterocycles. The highest BCUT2D eigenvalue weighted by molar-refractivity contribution is 14.3. The van der Waals surface area contributed by atoms with E-state index in [2.05, 4.69) is 80.9 Å². The highest BCUT2D eigenvalue weighted by atomic mass is 127. The van der Waals surface area contributed by atoms with Crippen LogP contribution in [-0.2, 0) is 19.1 Å². The van der Waals surface area contributed by atoms with Crippen molar-refractivity contribution >= 4 is 79.4 Å². The molecule has 0 aliphatic carbocycles. The van der Waals surface area contributed by atoms with Gasteiger partial charge in [0.15, 0.2) is 0 Å². The van der Waals surface area contributed by atoms with Crippen LogP contribution < -0.4 is 17.1 Å². The minimum absolute atomic E-state index is 0.0296. The minimum Gasteiger partial charge on any atom is -0.247 e. The maximum absolute atomic E-state index is 12.9. The van der Waals surface area contributed by atoms with Gasteiger partial charge in [0.25, 0.3) is 0 Å². The molecule has 0 fully saturated rings. The van der Waals surface area contributed by atoms with E-state index in [4.69, 9.17) is 11.6 Å². The molecule has 1 heterocycles. The average molecular weight is 754 g/mol. The second kappa shape index (κ2) is 9.81. The number of aromatic nitrogens is 3. The first-order valence-corrected chi connectivity index (χ1v) is 12.0. The van der Waals surface area contributed by atoms with Crippen LogP contribution in [0, 0.1) is 0 Å². The Hall–Kier alpha value is -0.410. The molecule has 6 nitrogen and oxygen atoms in total. The Morgan fingerprint density at radius 1 is 0.931 bits per heavy atom. The van der Waals surface area contributed by atoms with Crippen molar-refractivity contribution in [2.24, 2.45) is 0 Å². The summed E-state index contributed by atoms with van der Waals surface area (Å²) in [6.07, 6.45) is 0. The fraction of sp³-hybridized carbons (Fsp3) is 0.316. The minimum atomic E-state index is -0.688. The summed E-state index contributed by atoms with van der Waals surface area (Å²) in [5, 5.41) is 0.451. The van der Waals surface area contributed by atoms with Crippen LogP contribution >= 0.6 is 79.4 Å². The lowest BCUT2D eigenvalue weighted by Gasteiger charge is -2.17. The molecule has 0 radical (unpaired) electrons. The van der Waals surface area contributed by atoms with Crippen molar-refractivity contribution in [1.82, 2.24) is 13.7 Å². The van der Waals surface area contributed by atoms with Crippen LogP contribution in [-0.4, -0.2) is 13.7 Å². The van der Waals surface area contributed by atoms with E-state index in [1.54, 1.807) is 19.9 Å². The van der Waals surface area contributed by atoms with Crippen LogP contribution in [0.25, 0.3) is 0 Å². The molecular weight excluding hydrogens is 734 g/mol. The van der Waals surface area contributed by atoms with Gasteiger partial charge in [-0.25, -0.2) is 28.1 Å². The Morgan fingerprint density at radius 3 is 1.76 bits per heavy atom. The monoisotopic (exact) mass is 753 g/mol. The van der Waals surface area contributed by atoms with Crippen molar-refractivity contribution in [2.75, 3.05) is 0 Å². The summed E-state index contributed by atoms with van der Waals surface area (Å²) in [7, 11) is 0. The molecule has 0 bridgehead atoms. The highest BCUT2D eigenvalue weighted by Crippen LogP contribution is 2.46. The molecular formula is C19H19ClI3N3O3. The third-order valence-corrected chi connectivity index (χ3v) is 6.17. The molecule has 10 heteroatoms. The van der Waals surface area contributed by atoms with E-state index in [9.17, 15) is 14.4 Å². The standard InChI is InChI=1S/C19H19ClI3N3O3/c1-11(2)8-24-16(27)25(9-12(3)4)18(29)26(17(24)28)10-13-5-6-14(7-15(13)20)19(21,22)23/h5-7H,1,3,8-10H2,2,4H3. The van der Waals surface area contributed by atoms with Gasteiger partial charge >= 0.3 is 17.1 Å². The summed E-state index contributed by atoms with van der Waals surface area (Å²) in [5.41, 5.74) is 0.826. The number of halogens is 4. The van der Waals surface area contributed by atoms with Crippen LogP contribution in [0.4, 0.5) is 0 Å². The highest BCUT2D eigenvalue weighted by Gasteiger charge is 2.22. The number of hydrogen-bond donors (Lipinski definition) is 0. The largest absolute Gasteiger partial charge is 0.336 e. The second-order valence-corrected chi connectivity index (χ2v) is 18.3. The van der Waals surface area contributed by atoms with Gasteiger partial charge in [-0.1, -0.05) is 48.0 Å². The molecule has 0 N–H and O–H groups in total. The van der Waals surface area contributed by atoms with Crippen molar-refractivity contribution < 1.29 is 0 Å². The lowest BCUT2D eigenvalue weighted by molar-refractivity contribution is 0.488. The zero-order valence-electron chi connectivity index (χ0n) is 15.8. The molecule has 0 saturated heterocycles. The number of hydrogen-bond acceptors (Lipinski definition) is 3. The van der Waals surface area contributed by atoms with Crippen molar-refractivity contribution in [3.63, 3.8) is 0 Å². The van der Waals surface area contributed by atoms with Gasteiger partial charge in [0.2, 0.25) is 0 Å². The van der Waals surface area contributed by atoms with Crippen LogP contribution in [0.5, 0.6) is 0 Å². The van der Waals surface area contributed by atoms with E-state index in [0.717, 1.165) is 19.3 Å². The van der Waals surface area contributed by atoms with E-state index in [-0.39, 0.29) is 19.1 Å². The van der Waals surface area contributed by atoms with Crippen LogP contribution in [0.3, 0.4) is 0 Å². The molecule has 1 aromatic heterocycles. The first-order chi connectivity index (χ1) is 13.3. The summed E-state index contributed by atoms with van der Waals surface area (Å²) in [4.78, 5) is 38.6. The van der Waals surface area contributed by atoms with Gasteiger partial charge in [0, 0.05) is 5.02 Å². The maximum atomic E-state index is 12.9. The van der Waals surface area contributed by atoms with E-state index in [1.807, 2.05) is 12.1 Å². The summed E-state index contributed by atoms with van der Waals surface area (Å²) >= 11 is 13.3. The topological polar surface area (TPSA) is 66.0 Å². The average Bonchev–Trinajstić information content (AvgIpc) is 2.59. The third kappa shape index (κ3) is 6.06. The molecule has 0 saturated carbocycles. The smallest absolute Gasteiger partial charge is 0.247 e. The van der Waals surface area contributed by atoms with Gasteiger partial charge in [-0.2, -0.15) is 0 Å². The molecule has 0 spiro atoms. The van der Waals surface area contributed by atoms with Gasteiger partial charge in [-0.3, -0.25) is 0 Å². The van der Waals surface area contributed by atoms with E-state index in [0.29, 0.717) is 21.7 Å². The van der Waals surface area contributed by atoms with E-state index < -0.39 is 17.1 Å². The molecule has 1 aromatic carbocycles. The Labute approximate surface area is 214 Å². The molecule has 2 rings (SSSR count).